The molecule has 0 aliphatic heterocycles. The summed E-state index contributed by atoms with van der Waals surface area (Å²) in [5.74, 6) is -1.24. The lowest BCUT2D eigenvalue weighted by Crippen LogP contribution is -2.20. The third kappa shape index (κ3) is 2.90. The highest BCUT2D eigenvalue weighted by Crippen LogP contribution is 2.26. The summed E-state index contributed by atoms with van der Waals surface area (Å²) in [6.07, 6.45) is 2.14. The van der Waals surface area contributed by atoms with Gasteiger partial charge in [-0.05, 0) is 31.2 Å². The van der Waals surface area contributed by atoms with Gasteiger partial charge in [0.15, 0.2) is 0 Å². The number of furan rings is 1. The number of carbonyl (C=O) groups is 1. The summed E-state index contributed by atoms with van der Waals surface area (Å²) in [7, 11) is 0. The molecule has 0 amide bonds. The Labute approximate surface area is 115 Å². The van der Waals surface area contributed by atoms with Crippen molar-refractivity contribution in [3.8, 4) is 0 Å². The quantitative estimate of drug-likeness (QED) is 0.732. The fraction of sp³-hybridized carbons (Fsp3) is 0.214. The average molecular weight is 278 g/mol. The first-order valence-corrected chi connectivity index (χ1v) is 6.09. The highest BCUT2D eigenvalue weighted by molar-refractivity contribution is 6.00. The van der Waals surface area contributed by atoms with E-state index in [1.54, 1.807) is 12.3 Å². The first-order valence-electron chi connectivity index (χ1n) is 6.09. The van der Waals surface area contributed by atoms with Crippen molar-refractivity contribution in [3.05, 3.63) is 47.7 Å². The van der Waals surface area contributed by atoms with Crippen LogP contribution in [-0.2, 0) is 6.42 Å². The lowest BCUT2D eigenvalue weighted by molar-refractivity contribution is 0.0698. The SMILES string of the molecule is CC(Cc1ccco1)Nc1ccc(F)c(N)c1C(=O)O. The molecule has 1 aromatic carbocycles. The van der Waals surface area contributed by atoms with Gasteiger partial charge in [0.25, 0.3) is 0 Å². The molecule has 1 heterocycles. The molecule has 0 spiro atoms. The van der Waals surface area contributed by atoms with E-state index in [0.717, 1.165) is 11.8 Å². The summed E-state index contributed by atoms with van der Waals surface area (Å²) in [5.41, 5.74) is 5.15. The molecular formula is C14H15FN2O3. The normalized spacial score (nSPS) is 12.1. The first kappa shape index (κ1) is 13.9. The van der Waals surface area contributed by atoms with E-state index in [-0.39, 0.29) is 23.0 Å². The molecule has 5 nitrogen and oxygen atoms in total. The Morgan fingerprint density at radius 3 is 2.85 bits per heavy atom. The lowest BCUT2D eigenvalue weighted by atomic mass is 10.1. The van der Waals surface area contributed by atoms with E-state index in [2.05, 4.69) is 5.32 Å². The van der Waals surface area contributed by atoms with Gasteiger partial charge in [-0.15, -0.1) is 0 Å². The van der Waals surface area contributed by atoms with Gasteiger partial charge in [-0.25, -0.2) is 9.18 Å². The molecule has 106 valence electrons. The van der Waals surface area contributed by atoms with E-state index < -0.39 is 11.8 Å². The summed E-state index contributed by atoms with van der Waals surface area (Å²) in [6, 6.07) is 6.03. The van der Waals surface area contributed by atoms with Gasteiger partial charge in [0.2, 0.25) is 0 Å². The molecule has 0 radical (unpaired) electrons. The number of nitrogens with two attached hydrogens (primary N) is 1. The number of rotatable bonds is 5. The monoisotopic (exact) mass is 278 g/mol. The van der Waals surface area contributed by atoms with Crippen LogP contribution in [0.4, 0.5) is 15.8 Å². The Hall–Kier alpha value is -2.50. The summed E-state index contributed by atoms with van der Waals surface area (Å²) < 4.78 is 18.6. The number of aromatic carboxylic acids is 1. The van der Waals surface area contributed by atoms with Crippen LogP contribution in [0.2, 0.25) is 0 Å². The summed E-state index contributed by atoms with van der Waals surface area (Å²) in [6.45, 7) is 1.87. The van der Waals surface area contributed by atoms with Crippen LogP contribution < -0.4 is 11.1 Å². The number of nitrogen functional groups attached to an aromatic ring is 1. The van der Waals surface area contributed by atoms with Crippen molar-refractivity contribution >= 4 is 17.3 Å². The molecule has 20 heavy (non-hydrogen) atoms. The maximum atomic E-state index is 13.3. The van der Waals surface area contributed by atoms with E-state index in [4.69, 9.17) is 15.3 Å². The number of nitrogens with one attached hydrogen (secondary N) is 1. The van der Waals surface area contributed by atoms with Crippen molar-refractivity contribution < 1.29 is 18.7 Å². The summed E-state index contributed by atoms with van der Waals surface area (Å²) in [4.78, 5) is 11.2. The number of hydrogen-bond acceptors (Lipinski definition) is 4. The summed E-state index contributed by atoms with van der Waals surface area (Å²) in [5, 5.41) is 12.1. The van der Waals surface area contributed by atoms with Gasteiger partial charge >= 0.3 is 5.97 Å². The van der Waals surface area contributed by atoms with Crippen LogP contribution in [0.1, 0.15) is 23.0 Å². The van der Waals surface area contributed by atoms with Crippen LogP contribution >= 0.6 is 0 Å². The van der Waals surface area contributed by atoms with Crippen LogP contribution in [0.5, 0.6) is 0 Å². The van der Waals surface area contributed by atoms with Crippen LogP contribution in [0.25, 0.3) is 0 Å². The number of carboxylic acids is 1. The minimum atomic E-state index is -1.27. The van der Waals surface area contributed by atoms with E-state index in [1.807, 2.05) is 13.0 Å². The molecule has 0 bridgehead atoms. The predicted molar refractivity (Wildman–Crippen MR) is 73.3 cm³/mol. The van der Waals surface area contributed by atoms with Crippen molar-refractivity contribution in [1.82, 2.24) is 0 Å². The Bertz CT molecular complexity index is 611. The Balaban J connectivity index is 2.20. The number of halogens is 1. The maximum absolute atomic E-state index is 13.3. The molecule has 0 aliphatic rings. The minimum absolute atomic E-state index is 0.0934. The molecule has 4 N–H and O–H groups in total. The fourth-order valence-electron chi connectivity index (χ4n) is 1.99. The predicted octanol–water partition coefficient (Wildman–Crippen LogP) is 2.74. The zero-order valence-electron chi connectivity index (χ0n) is 10.9. The van der Waals surface area contributed by atoms with E-state index in [0.29, 0.717) is 6.42 Å². The second-order valence-electron chi connectivity index (χ2n) is 4.52. The molecule has 0 aliphatic carbocycles. The molecule has 0 saturated heterocycles. The Morgan fingerprint density at radius 2 is 2.25 bits per heavy atom. The zero-order valence-corrected chi connectivity index (χ0v) is 10.9. The van der Waals surface area contributed by atoms with Crippen LogP contribution in [0.15, 0.2) is 34.9 Å². The van der Waals surface area contributed by atoms with E-state index >= 15 is 0 Å². The van der Waals surface area contributed by atoms with Crippen molar-refractivity contribution in [2.24, 2.45) is 0 Å². The van der Waals surface area contributed by atoms with Crippen LogP contribution in [0, 0.1) is 5.82 Å². The van der Waals surface area contributed by atoms with Crippen LogP contribution in [0.3, 0.4) is 0 Å². The Morgan fingerprint density at radius 1 is 1.50 bits per heavy atom. The van der Waals surface area contributed by atoms with Crippen molar-refractivity contribution in [1.29, 1.82) is 0 Å². The van der Waals surface area contributed by atoms with Gasteiger partial charge in [0.1, 0.15) is 17.1 Å². The van der Waals surface area contributed by atoms with Crippen molar-refractivity contribution in [3.63, 3.8) is 0 Å². The van der Waals surface area contributed by atoms with Crippen LogP contribution in [-0.4, -0.2) is 17.1 Å². The lowest BCUT2D eigenvalue weighted by Gasteiger charge is -2.17. The topological polar surface area (TPSA) is 88.5 Å². The minimum Gasteiger partial charge on any atom is -0.478 e. The fourth-order valence-corrected chi connectivity index (χ4v) is 1.99. The molecule has 1 unspecified atom stereocenters. The molecule has 2 rings (SSSR count). The van der Waals surface area contributed by atoms with E-state index in [9.17, 15) is 9.18 Å². The summed E-state index contributed by atoms with van der Waals surface area (Å²) >= 11 is 0. The third-order valence-electron chi connectivity index (χ3n) is 2.90. The zero-order chi connectivity index (χ0) is 14.7. The largest absolute Gasteiger partial charge is 0.478 e. The molecule has 1 aromatic heterocycles. The second-order valence-corrected chi connectivity index (χ2v) is 4.52. The molecule has 6 heteroatoms. The van der Waals surface area contributed by atoms with Gasteiger partial charge in [-0.2, -0.15) is 0 Å². The third-order valence-corrected chi connectivity index (χ3v) is 2.90. The maximum Gasteiger partial charge on any atom is 0.340 e. The van der Waals surface area contributed by atoms with Gasteiger partial charge in [-0.3, -0.25) is 0 Å². The Kier molecular flexibility index (Phi) is 3.93. The molecule has 1 atom stereocenters. The van der Waals surface area contributed by atoms with Gasteiger partial charge in [0.05, 0.1) is 17.6 Å². The molecule has 0 fully saturated rings. The first-order chi connectivity index (χ1) is 9.49. The van der Waals surface area contributed by atoms with Gasteiger partial charge in [-0.1, -0.05) is 0 Å². The highest BCUT2D eigenvalue weighted by Gasteiger charge is 2.18. The van der Waals surface area contributed by atoms with E-state index in [1.165, 1.54) is 6.07 Å². The van der Waals surface area contributed by atoms with Crippen molar-refractivity contribution in [2.75, 3.05) is 11.1 Å². The number of hydrogen-bond donors (Lipinski definition) is 3. The van der Waals surface area contributed by atoms with Crippen molar-refractivity contribution in [2.45, 2.75) is 19.4 Å². The highest BCUT2D eigenvalue weighted by atomic mass is 19.1. The van der Waals surface area contributed by atoms with Gasteiger partial charge in [0, 0.05) is 12.5 Å². The number of anilines is 2. The number of carboxylic acid groups (broad SMARTS) is 1. The van der Waals surface area contributed by atoms with Gasteiger partial charge < -0.3 is 20.6 Å². The average Bonchev–Trinajstić information content (AvgIpc) is 2.86. The second kappa shape index (κ2) is 5.64. The molecule has 2 aromatic rings. The number of benzene rings is 1. The standard InChI is InChI=1S/C14H15FN2O3/c1-8(7-9-3-2-6-20-9)17-11-5-4-10(15)13(16)12(11)14(18)19/h2-6,8,17H,7,16H2,1H3,(H,18,19). The smallest absolute Gasteiger partial charge is 0.340 e. The molecule has 0 saturated carbocycles. The molecular weight excluding hydrogens is 263 g/mol.